The molecule has 0 N–H and O–H groups in total. The highest BCUT2D eigenvalue weighted by Gasteiger charge is 2.24. The van der Waals surface area contributed by atoms with Crippen LogP contribution in [0.1, 0.15) is 120 Å². The molecule has 412 valence electrons. The zero-order chi connectivity index (χ0) is 57.7. The Kier molecular flexibility index (Phi) is 16.2. The molecule has 11 aromatic rings. The van der Waals surface area contributed by atoms with Gasteiger partial charge in [-0.3, -0.25) is 0 Å². The van der Waals surface area contributed by atoms with Crippen LogP contribution >= 0.6 is 0 Å². The van der Waals surface area contributed by atoms with Crippen molar-refractivity contribution in [3.63, 3.8) is 0 Å². The summed E-state index contributed by atoms with van der Waals surface area (Å²) in [6, 6.07) is 76.0. The molecule has 0 saturated carbocycles. The summed E-state index contributed by atoms with van der Waals surface area (Å²) in [5, 5.41) is 2.26. The number of nitrogens with zero attached hydrogens (tertiary/aromatic N) is 6. The van der Waals surface area contributed by atoms with Gasteiger partial charge in [0.25, 0.3) is 0 Å². The fourth-order valence-corrected chi connectivity index (χ4v) is 11.1. The van der Waals surface area contributed by atoms with Gasteiger partial charge in [-0.05, 0) is 166 Å². The molecule has 0 saturated heterocycles. The maximum atomic E-state index is 5.55. The molecule has 83 heavy (non-hydrogen) atoms. The first kappa shape index (κ1) is 55.8. The quantitative estimate of drug-likeness (QED) is 0.0550. The fraction of sp³-hybridized carbons (Fsp3) is 0.208. The van der Waals surface area contributed by atoms with Crippen molar-refractivity contribution in [2.75, 3.05) is 0 Å². The Morgan fingerprint density at radius 1 is 0.458 bits per heavy atom. The van der Waals surface area contributed by atoms with E-state index >= 15 is 0 Å². The molecule has 0 aliphatic carbocycles. The Morgan fingerprint density at radius 2 is 0.904 bits per heavy atom. The lowest BCUT2D eigenvalue weighted by atomic mass is 9.84. The molecule has 11 rings (SSSR count). The topological polar surface area (TPSA) is 68.3 Å². The maximum Gasteiger partial charge on any atom is 0.164 e. The summed E-state index contributed by atoms with van der Waals surface area (Å²) in [5.74, 6) is 2.28. The van der Waals surface area contributed by atoms with E-state index < -0.39 is 0 Å². The first-order valence-electron chi connectivity index (χ1n) is 29.5. The van der Waals surface area contributed by atoms with E-state index in [4.69, 9.17) is 24.9 Å². The smallest absolute Gasteiger partial charge is 0.164 e. The van der Waals surface area contributed by atoms with E-state index in [1.54, 1.807) is 0 Å². The lowest BCUT2D eigenvalue weighted by molar-refractivity contribution is 0.589. The molecule has 0 amide bonds. The van der Waals surface area contributed by atoms with Gasteiger partial charge in [-0.25, -0.2) is 24.9 Å². The highest BCUT2D eigenvalue weighted by molar-refractivity contribution is 6.14. The van der Waals surface area contributed by atoms with Gasteiger partial charge in [0.1, 0.15) is 0 Å². The number of fused-ring (bicyclic) bond motifs is 3. The van der Waals surface area contributed by atoms with Crippen molar-refractivity contribution in [2.24, 2.45) is 9.98 Å². The zero-order valence-corrected chi connectivity index (χ0v) is 49.4. The SMILES string of the molecule is C=NC(=N/C(=C\c1ccccc1)c1ccccc1)c1cc(-c2nc(-c3cc(CCCC)cc(C(C)(C)C)c3)nc(-c3cc(CCCC)cc(C(C)(C)C)c3)n2)ccc1-n1c2ccc(-c3ccccc3)cc2c2cc(-c3ccccc3)ccc21. The highest BCUT2D eigenvalue weighted by atomic mass is 15.0. The van der Waals surface area contributed by atoms with Gasteiger partial charge in [-0.2, -0.15) is 0 Å². The van der Waals surface area contributed by atoms with Crippen LogP contribution in [-0.2, 0) is 23.7 Å². The van der Waals surface area contributed by atoms with E-state index in [9.17, 15) is 0 Å². The lowest BCUT2D eigenvalue weighted by Crippen LogP contribution is -2.13. The molecule has 2 heterocycles. The van der Waals surface area contributed by atoms with Crippen LogP contribution in [0.15, 0.2) is 222 Å². The Bertz CT molecular complexity index is 3990. The average Bonchev–Trinajstić information content (AvgIpc) is 4.12. The third-order valence-corrected chi connectivity index (χ3v) is 15.8. The minimum absolute atomic E-state index is 0.102. The Balaban J connectivity index is 1.21. The summed E-state index contributed by atoms with van der Waals surface area (Å²) < 4.78 is 2.37. The molecule has 0 atom stereocenters. The number of aliphatic imine (C=N–C) groups is 2. The molecule has 6 heteroatoms. The number of benzene rings is 9. The summed E-state index contributed by atoms with van der Waals surface area (Å²) in [5.41, 5.74) is 18.7. The van der Waals surface area contributed by atoms with E-state index in [1.165, 1.54) is 22.3 Å². The minimum atomic E-state index is -0.102. The third-order valence-electron chi connectivity index (χ3n) is 15.8. The van der Waals surface area contributed by atoms with Crippen molar-refractivity contribution < 1.29 is 0 Å². The molecule has 0 radical (unpaired) electrons. The monoisotopic (exact) mass is 1080 g/mol. The number of hydrogen-bond donors (Lipinski definition) is 0. The second kappa shape index (κ2) is 24.1. The van der Waals surface area contributed by atoms with Crippen LogP contribution in [0.2, 0.25) is 0 Å². The number of amidine groups is 1. The molecule has 0 bridgehead atoms. The van der Waals surface area contributed by atoms with Gasteiger partial charge in [0.15, 0.2) is 23.3 Å². The van der Waals surface area contributed by atoms with Crippen LogP contribution in [0, 0.1) is 0 Å². The average molecular weight is 1080 g/mol. The second-order valence-electron chi connectivity index (χ2n) is 24.0. The number of aromatic nitrogens is 4. The van der Waals surface area contributed by atoms with Gasteiger partial charge >= 0.3 is 0 Å². The molecule has 9 aromatic carbocycles. The van der Waals surface area contributed by atoms with Gasteiger partial charge in [-0.15, -0.1) is 0 Å². The van der Waals surface area contributed by atoms with Crippen LogP contribution in [0.4, 0.5) is 0 Å². The molecule has 0 unspecified atom stereocenters. The van der Waals surface area contributed by atoms with E-state index in [2.05, 4.69) is 261 Å². The highest BCUT2D eigenvalue weighted by Crippen LogP contribution is 2.40. The lowest BCUT2D eigenvalue weighted by Gasteiger charge is -2.22. The molecular formula is C77H74N6. The Hall–Kier alpha value is -9.13. The van der Waals surface area contributed by atoms with Crippen molar-refractivity contribution >= 4 is 46.1 Å². The summed E-state index contributed by atoms with van der Waals surface area (Å²) in [6.45, 7) is 22.5. The largest absolute Gasteiger partial charge is 0.308 e. The summed E-state index contributed by atoms with van der Waals surface area (Å²) >= 11 is 0. The number of unbranched alkanes of at least 4 members (excludes halogenated alkanes) is 2. The number of hydrogen-bond acceptors (Lipinski definition) is 4. The van der Waals surface area contributed by atoms with Crippen LogP contribution in [0.3, 0.4) is 0 Å². The van der Waals surface area contributed by atoms with E-state index in [0.717, 1.165) is 127 Å². The van der Waals surface area contributed by atoms with Crippen molar-refractivity contribution in [1.29, 1.82) is 0 Å². The van der Waals surface area contributed by atoms with Crippen molar-refractivity contribution in [3.05, 3.63) is 251 Å². The summed E-state index contributed by atoms with van der Waals surface area (Å²) in [4.78, 5) is 27.0. The summed E-state index contributed by atoms with van der Waals surface area (Å²) in [7, 11) is 0. The normalized spacial score (nSPS) is 12.3. The van der Waals surface area contributed by atoms with Gasteiger partial charge in [0.05, 0.1) is 22.4 Å². The molecule has 6 nitrogen and oxygen atoms in total. The van der Waals surface area contributed by atoms with Crippen LogP contribution in [-0.4, -0.2) is 32.1 Å². The Labute approximate surface area is 491 Å². The third kappa shape index (κ3) is 12.4. The zero-order valence-electron chi connectivity index (χ0n) is 49.4. The second-order valence-corrected chi connectivity index (χ2v) is 24.0. The minimum Gasteiger partial charge on any atom is -0.308 e. The van der Waals surface area contributed by atoms with Gasteiger partial charge in [0, 0.05) is 38.6 Å². The van der Waals surface area contributed by atoms with E-state index in [1.807, 2.05) is 24.3 Å². The molecule has 0 aliphatic rings. The van der Waals surface area contributed by atoms with Crippen LogP contribution < -0.4 is 0 Å². The van der Waals surface area contributed by atoms with Crippen molar-refractivity contribution in [1.82, 2.24) is 19.5 Å². The number of rotatable bonds is 16. The predicted octanol–water partition coefficient (Wildman–Crippen LogP) is 20.2. The Morgan fingerprint density at radius 3 is 1.36 bits per heavy atom. The van der Waals surface area contributed by atoms with E-state index in [-0.39, 0.29) is 10.8 Å². The first-order valence-corrected chi connectivity index (χ1v) is 29.5. The fourth-order valence-electron chi connectivity index (χ4n) is 11.1. The molecule has 0 fully saturated rings. The van der Waals surface area contributed by atoms with Gasteiger partial charge < -0.3 is 4.57 Å². The maximum absolute atomic E-state index is 5.55. The molecule has 0 aliphatic heterocycles. The van der Waals surface area contributed by atoms with Gasteiger partial charge in [-0.1, -0.05) is 214 Å². The van der Waals surface area contributed by atoms with Crippen LogP contribution in [0.25, 0.3) is 95.7 Å². The standard InChI is InChI=1S/C77H74N6/c1-10-12-26-53-42-61(47-63(44-53)76(3,4)5)73-80-72(81-74(82-73)62-43-54(27-13-11-2)45-64(48-62)77(6,7)8)60-38-41-71(67(51-60)75(78-9)79-68(57-34-24-17-25-35-57)46-52-28-18-14-19-29-52)83-69-39-36-58(55-30-20-15-21-31-55)49-65(69)66-50-59(37-40-70(66)83)56-32-22-16-23-33-56/h14-25,28-51H,9-13,26-27H2,1-8H3/b68-46-,79-75?. The van der Waals surface area contributed by atoms with Crippen molar-refractivity contribution in [3.8, 4) is 62.1 Å². The molecule has 0 spiro atoms. The molecule has 2 aromatic heterocycles. The van der Waals surface area contributed by atoms with Gasteiger partial charge in [0.2, 0.25) is 0 Å². The molecular weight excluding hydrogens is 1010 g/mol. The predicted molar refractivity (Wildman–Crippen MR) is 353 cm³/mol. The number of aryl methyl sites for hydroxylation is 2. The van der Waals surface area contributed by atoms with Crippen molar-refractivity contribution in [2.45, 2.75) is 105 Å². The van der Waals surface area contributed by atoms with Crippen LogP contribution in [0.5, 0.6) is 0 Å². The van der Waals surface area contributed by atoms with E-state index in [0.29, 0.717) is 23.3 Å². The first-order chi connectivity index (χ1) is 40.2. The summed E-state index contributed by atoms with van der Waals surface area (Å²) in [6.07, 6.45) is 8.47.